The molecule has 0 spiro atoms. The molecule has 2 nitrogen and oxygen atoms in total. The van der Waals surface area contributed by atoms with Crippen molar-refractivity contribution >= 4 is 12.4 Å². The van der Waals surface area contributed by atoms with Gasteiger partial charge in [-0.25, -0.2) is 0 Å². The minimum Gasteiger partial charge on any atom is -0.286 e. The molecule has 0 aliphatic carbocycles. The third-order valence-electron chi connectivity index (χ3n) is 1.28. The highest BCUT2D eigenvalue weighted by molar-refractivity contribution is 5.28. The van der Waals surface area contributed by atoms with Crippen molar-refractivity contribution in [1.29, 1.82) is 0 Å². The van der Waals surface area contributed by atoms with E-state index in [1.165, 1.54) is 5.69 Å². The molecule has 11 heavy (non-hydrogen) atoms. The number of para-hydroxylation sites is 1. The van der Waals surface area contributed by atoms with Gasteiger partial charge in [0.25, 0.3) is 0 Å². The molecule has 56 valence electrons. The fraction of sp³-hybridized carbons (Fsp3) is 0. The molecule has 1 aromatic carbocycles. The maximum absolute atomic E-state index is 3.59. The minimum absolute atomic E-state index is 1.17. The highest BCUT2D eigenvalue weighted by atomic mass is 14.8. The van der Waals surface area contributed by atoms with Crippen molar-refractivity contribution in [2.45, 2.75) is 0 Å². The maximum Gasteiger partial charge on any atom is 0.134 e. The largest absolute Gasteiger partial charge is 0.286 e. The maximum atomic E-state index is 3.59. The van der Waals surface area contributed by atoms with E-state index in [-0.39, 0.29) is 0 Å². The van der Waals surface area contributed by atoms with Crippen molar-refractivity contribution in [3.63, 3.8) is 0 Å². The van der Waals surface area contributed by atoms with Crippen LogP contribution >= 0.6 is 0 Å². The van der Waals surface area contributed by atoms with Crippen LogP contribution in [0.15, 0.2) is 47.7 Å². The van der Waals surface area contributed by atoms with Gasteiger partial charge in [0.15, 0.2) is 0 Å². The predicted octanol–water partition coefficient (Wildman–Crippen LogP) is 1.05. The number of benzene rings is 1. The zero-order valence-corrected chi connectivity index (χ0v) is 6.27. The molecule has 0 aliphatic rings. The normalized spacial score (nSPS) is 10.2. The number of hydrogen-bond donors (Lipinski definition) is 1. The van der Waals surface area contributed by atoms with Gasteiger partial charge >= 0.3 is 0 Å². The molecular weight excluding hydrogens is 136 g/mol. The van der Waals surface area contributed by atoms with Crippen LogP contribution in [0.4, 0.5) is 5.69 Å². The summed E-state index contributed by atoms with van der Waals surface area (Å²) in [5.41, 5.74) is 1.17. The van der Waals surface area contributed by atoms with E-state index in [4.69, 9.17) is 0 Å². The second-order valence-electron chi connectivity index (χ2n) is 2.10. The van der Waals surface area contributed by atoms with Crippen LogP contribution in [0.1, 0.15) is 0 Å². The van der Waals surface area contributed by atoms with Crippen LogP contribution in [0.3, 0.4) is 0 Å². The van der Waals surface area contributed by atoms with Gasteiger partial charge in [0.2, 0.25) is 0 Å². The van der Waals surface area contributed by atoms with Crippen molar-refractivity contribution in [1.82, 2.24) is 0 Å². The van der Waals surface area contributed by atoms with E-state index in [0.29, 0.717) is 0 Å². The van der Waals surface area contributed by atoms with Crippen molar-refractivity contribution in [2.75, 3.05) is 0 Å². The van der Waals surface area contributed by atoms with Crippen LogP contribution in [-0.4, -0.2) is 6.72 Å². The third-order valence-corrected chi connectivity index (χ3v) is 1.28. The predicted molar refractivity (Wildman–Crippen MR) is 46.7 cm³/mol. The van der Waals surface area contributed by atoms with Gasteiger partial charge < -0.3 is 0 Å². The molecule has 0 heterocycles. The van der Waals surface area contributed by atoms with Gasteiger partial charge in [0, 0.05) is 0 Å². The van der Waals surface area contributed by atoms with E-state index in [0.717, 1.165) is 0 Å². The highest BCUT2D eigenvalue weighted by Crippen LogP contribution is 1.95. The van der Waals surface area contributed by atoms with Gasteiger partial charge in [-0.15, -0.1) is 0 Å². The number of rotatable bonds is 3. The Hall–Kier alpha value is -1.41. The molecule has 0 amide bonds. The number of hydrogen-bond acceptors (Lipinski definition) is 1. The van der Waals surface area contributed by atoms with Crippen LogP contribution in [0.25, 0.3) is 0 Å². The van der Waals surface area contributed by atoms with Crippen molar-refractivity contribution in [3.05, 3.63) is 42.7 Å². The van der Waals surface area contributed by atoms with E-state index >= 15 is 0 Å². The zero-order valence-electron chi connectivity index (χ0n) is 6.27. The van der Waals surface area contributed by atoms with Gasteiger partial charge in [0.05, 0.1) is 6.20 Å². The number of quaternary nitrogens is 1. The standard InChI is InChI=1S/C9H10N2/c1-10-7-8-11-9-5-3-2-4-6-9/h2-8,11H,1H2/p+1/b8-7-. The van der Waals surface area contributed by atoms with E-state index in [9.17, 15) is 0 Å². The molecule has 2 heteroatoms. The summed E-state index contributed by atoms with van der Waals surface area (Å²) >= 11 is 0. The van der Waals surface area contributed by atoms with Crippen LogP contribution in [0.5, 0.6) is 0 Å². The van der Waals surface area contributed by atoms with Crippen LogP contribution in [0.2, 0.25) is 0 Å². The topological polar surface area (TPSA) is 29.0 Å². The zero-order chi connectivity index (χ0) is 7.94. The minimum atomic E-state index is 1.17. The summed E-state index contributed by atoms with van der Waals surface area (Å²) in [5, 5.41) is 1.98. The summed E-state index contributed by atoms with van der Waals surface area (Å²) in [5.74, 6) is 0. The van der Waals surface area contributed by atoms with Crippen LogP contribution < -0.4 is 5.32 Å². The van der Waals surface area contributed by atoms with Gasteiger partial charge in [-0.2, -0.15) is 0 Å². The summed E-state index contributed by atoms with van der Waals surface area (Å²) in [4.78, 5) is 3.59. The molecule has 1 rings (SSSR count). The third kappa shape index (κ3) is 2.78. The second-order valence-corrected chi connectivity index (χ2v) is 2.10. The quantitative estimate of drug-likeness (QED) is 0.489. The molecule has 0 fully saturated rings. The molecule has 0 atom stereocenters. The van der Waals surface area contributed by atoms with E-state index in [1.807, 2.05) is 41.8 Å². The number of nitrogens with zero attached hydrogens (tertiary/aromatic N) is 1. The lowest BCUT2D eigenvalue weighted by Gasteiger charge is -1.90. The Morgan fingerprint density at radius 1 is 1.27 bits per heavy atom. The smallest absolute Gasteiger partial charge is 0.134 e. The van der Waals surface area contributed by atoms with Gasteiger partial charge in [0.1, 0.15) is 11.9 Å². The average molecular weight is 147 g/mol. The van der Waals surface area contributed by atoms with E-state index < -0.39 is 0 Å². The molecule has 1 aromatic rings. The molecule has 0 radical (unpaired) electrons. The Kier molecular flexibility index (Phi) is 3.09. The lowest BCUT2D eigenvalue weighted by molar-refractivity contribution is -0.496. The van der Waals surface area contributed by atoms with Gasteiger partial charge in [-0.3, -0.25) is 10.3 Å². The molecule has 0 saturated carbocycles. The van der Waals surface area contributed by atoms with Crippen molar-refractivity contribution in [3.8, 4) is 0 Å². The molecule has 2 N–H and O–H groups in total. The molecule has 0 saturated heterocycles. The fourth-order valence-corrected chi connectivity index (χ4v) is 0.779. The fourth-order valence-electron chi connectivity index (χ4n) is 0.779. The van der Waals surface area contributed by atoms with Crippen LogP contribution in [0, 0.1) is 0 Å². The summed E-state index contributed by atoms with van der Waals surface area (Å²) < 4.78 is 0. The van der Waals surface area contributed by atoms with Crippen molar-refractivity contribution < 1.29 is 5.32 Å². The SMILES string of the molecule is C=N/C=C\[NH2+]c1ccccc1. The Labute approximate surface area is 66.3 Å². The van der Waals surface area contributed by atoms with Gasteiger partial charge in [-0.05, 0) is 18.9 Å². The van der Waals surface area contributed by atoms with E-state index in [1.54, 1.807) is 6.20 Å². The Morgan fingerprint density at radius 2 is 2.00 bits per heavy atom. The highest BCUT2D eigenvalue weighted by Gasteiger charge is 1.87. The Bertz CT molecular complexity index is 239. The number of aliphatic imine (C=N–C) groups is 1. The Morgan fingerprint density at radius 3 is 2.64 bits per heavy atom. The molecular formula is C9H11N2+. The van der Waals surface area contributed by atoms with E-state index in [2.05, 4.69) is 11.7 Å². The first kappa shape index (κ1) is 7.69. The van der Waals surface area contributed by atoms with Crippen molar-refractivity contribution in [2.24, 2.45) is 4.99 Å². The summed E-state index contributed by atoms with van der Waals surface area (Å²) in [6, 6.07) is 10.1. The number of nitrogens with two attached hydrogens (primary N) is 1. The second kappa shape index (κ2) is 4.41. The summed E-state index contributed by atoms with van der Waals surface area (Å²) in [6.07, 6.45) is 3.52. The summed E-state index contributed by atoms with van der Waals surface area (Å²) in [6.45, 7) is 3.34. The lowest BCUT2D eigenvalue weighted by atomic mass is 10.3. The lowest BCUT2D eigenvalue weighted by Crippen LogP contribution is -2.70. The monoisotopic (exact) mass is 147 g/mol. The molecule has 0 unspecified atom stereocenters. The molecule has 0 aromatic heterocycles. The first-order valence-electron chi connectivity index (χ1n) is 3.44. The molecule has 0 aliphatic heterocycles. The Balaban J connectivity index is 2.51. The first-order chi connectivity index (χ1) is 5.43. The molecule has 0 bridgehead atoms. The first-order valence-corrected chi connectivity index (χ1v) is 3.44. The summed E-state index contributed by atoms with van der Waals surface area (Å²) in [7, 11) is 0. The average Bonchev–Trinajstić information content (AvgIpc) is 2.07. The van der Waals surface area contributed by atoms with Crippen LogP contribution in [-0.2, 0) is 0 Å². The van der Waals surface area contributed by atoms with Gasteiger partial charge in [-0.1, -0.05) is 18.2 Å².